The number of aliphatic hydroxyl groups is 1. The molecule has 0 aromatic carbocycles. The van der Waals surface area contributed by atoms with Crippen molar-refractivity contribution in [3.8, 4) is 0 Å². The number of piperazine rings is 1. The van der Waals surface area contributed by atoms with E-state index in [-0.39, 0.29) is 18.1 Å². The van der Waals surface area contributed by atoms with Gasteiger partial charge < -0.3 is 14.7 Å². The predicted molar refractivity (Wildman–Crippen MR) is 70.4 cm³/mol. The summed E-state index contributed by atoms with van der Waals surface area (Å²) in [6, 6.07) is 0. The maximum Gasteiger partial charge on any atom is 0.251 e. The third-order valence-electron chi connectivity index (χ3n) is 3.39. The van der Waals surface area contributed by atoms with E-state index in [9.17, 15) is 9.90 Å². The average molecular weight is 258 g/mol. The van der Waals surface area contributed by atoms with Crippen molar-refractivity contribution in [2.24, 2.45) is 0 Å². The first kappa shape index (κ1) is 15.4. The van der Waals surface area contributed by atoms with Gasteiger partial charge in [0, 0.05) is 39.3 Å². The van der Waals surface area contributed by atoms with Crippen LogP contribution in [0.1, 0.15) is 27.2 Å². The van der Waals surface area contributed by atoms with Crippen molar-refractivity contribution >= 4 is 5.91 Å². The second-order valence-electron chi connectivity index (χ2n) is 4.79. The molecule has 2 unspecified atom stereocenters. The minimum Gasteiger partial charge on any atom is -0.392 e. The number of amides is 1. The Morgan fingerprint density at radius 3 is 2.39 bits per heavy atom. The van der Waals surface area contributed by atoms with Gasteiger partial charge in [0.05, 0.1) is 6.10 Å². The van der Waals surface area contributed by atoms with E-state index < -0.39 is 0 Å². The number of aliphatic hydroxyl groups excluding tert-OH is 1. The Balaban J connectivity index is 2.32. The van der Waals surface area contributed by atoms with Gasteiger partial charge in [-0.2, -0.15) is 0 Å². The molecule has 1 N–H and O–H groups in total. The van der Waals surface area contributed by atoms with Gasteiger partial charge in [-0.05, 0) is 20.3 Å². The Morgan fingerprint density at radius 1 is 1.28 bits per heavy atom. The fourth-order valence-corrected chi connectivity index (χ4v) is 2.16. The molecule has 0 aliphatic carbocycles. The van der Waals surface area contributed by atoms with Crippen LogP contribution in [0.3, 0.4) is 0 Å². The summed E-state index contributed by atoms with van der Waals surface area (Å²) in [6.45, 7) is 10.1. The van der Waals surface area contributed by atoms with Crippen LogP contribution in [0, 0.1) is 0 Å². The first-order valence-electron chi connectivity index (χ1n) is 6.89. The van der Waals surface area contributed by atoms with Crippen molar-refractivity contribution in [3.05, 3.63) is 0 Å². The summed E-state index contributed by atoms with van der Waals surface area (Å²) >= 11 is 0. The molecule has 0 radical (unpaired) electrons. The molecule has 1 saturated heterocycles. The van der Waals surface area contributed by atoms with E-state index in [1.807, 2.05) is 18.7 Å². The van der Waals surface area contributed by atoms with E-state index in [0.29, 0.717) is 13.2 Å². The van der Waals surface area contributed by atoms with Gasteiger partial charge in [0.25, 0.3) is 5.91 Å². The normalized spacial score (nSPS) is 20.8. The smallest absolute Gasteiger partial charge is 0.251 e. The predicted octanol–water partition coefficient (Wildman–Crippen LogP) is 0.327. The molecule has 106 valence electrons. The molecule has 0 saturated carbocycles. The Labute approximate surface area is 110 Å². The molecule has 2 atom stereocenters. The van der Waals surface area contributed by atoms with Crippen molar-refractivity contribution in [2.75, 3.05) is 39.3 Å². The minimum atomic E-state index is -0.345. The van der Waals surface area contributed by atoms with Crippen LogP contribution in [0.5, 0.6) is 0 Å². The second kappa shape index (κ2) is 7.71. The van der Waals surface area contributed by atoms with E-state index in [2.05, 4.69) is 4.90 Å². The van der Waals surface area contributed by atoms with Crippen LogP contribution in [-0.4, -0.2) is 72.4 Å². The molecule has 1 aliphatic heterocycles. The lowest BCUT2D eigenvalue weighted by Gasteiger charge is -2.36. The van der Waals surface area contributed by atoms with Crippen LogP contribution in [0.15, 0.2) is 0 Å². The number of hydrogen-bond donors (Lipinski definition) is 1. The van der Waals surface area contributed by atoms with Crippen molar-refractivity contribution in [3.63, 3.8) is 0 Å². The molecular weight excluding hydrogens is 232 g/mol. The van der Waals surface area contributed by atoms with Gasteiger partial charge >= 0.3 is 0 Å². The molecule has 1 heterocycles. The summed E-state index contributed by atoms with van der Waals surface area (Å²) in [5.74, 6) is 0.0764. The van der Waals surface area contributed by atoms with Gasteiger partial charge in [-0.1, -0.05) is 6.92 Å². The highest BCUT2D eigenvalue weighted by molar-refractivity contribution is 5.80. The number of carbonyl (C=O) groups is 1. The second-order valence-corrected chi connectivity index (χ2v) is 4.79. The summed E-state index contributed by atoms with van der Waals surface area (Å²) in [5, 5.41) is 9.60. The number of nitrogens with zero attached hydrogens (tertiary/aromatic N) is 2. The van der Waals surface area contributed by atoms with Crippen LogP contribution < -0.4 is 0 Å². The first-order chi connectivity index (χ1) is 8.58. The topological polar surface area (TPSA) is 53.0 Å². The number of hydrogen-bond acceptors (Lipinski definition) is 4. The highest BCUT2D eigenvalue weighted by atomic mass is 16.5. The molecule has 1 fully saturated rings. The summed E-state index contributed by atoms with van der Waals surface area (Å²) in [5.41, 5.74) is 0. The highest BCUT2D eigenvalue weighted by Gasteiger charge is 2.25. The van der Waals surface area contributed by atoms with Crippen LogP contribution in [0.2, 0.25) is 0 Å². The standard InChI is InChI=1S/C13H26N2O3/c1-4-12(16)10-14-6-8-15(9-7-14)13(17)11(3)18-5-2/h11-12,16H,4-10H2,1-3H3. The lowest BCUT2D eigenvalue weighted by molar-refractivity contribution is -0.144. The van der Waals surface area contributed by atoms with E-state index in [4.69, 9.17) is 4.74 Å². The maximum absolute atomic E-state index is 12.0. The summed E-state index contributed by atoms with van der Waals surface area (Å²) in [6.07, 6.45) is 0.179. The minimum absolute atomic E-state index is 0.0764. The maximum atomic E-state index is 12.0. The number of β-amino-alcohol motifs (C(OH)–C–C–N with tert-alkyl or cyclic N) is 1. The molecule has 18 heavy (non-hydrogen) atoms. The summed E-state index contributed by atoms with van der Waals surface area (Å²) in [7, 11) is 0. The van der Waals surface area contributed by atoms with Gasteiger partial charge in [0.15, 0.2) is 0 Å². The van der Waals surface area contributed by atoms with Crippen molar-refractivity contribution < 1.29 is 14.6 Å². The molecule has 0 spiro atoms. The Kier molecular flexibility index (Phi) is 6.60. The van der Waals surface area contributed by atoms with Crippen molar-refractivity contribution in [1.82, 2.24) is 9.80 Å². The number of rotatable bonds is 6. The number of ether oxygens (including phenoxy) is 1. The van der Waals surface area contributed by atoms with Crippen LogP contribution in [-0.2, 0) is 9.53 Å². The zero-order valence-electron chi connectivity index (χ0n) is 11.8. The third-order valence-corrected chi connectivity index (χ3v) is 3.39. The third kappa shape index (κ3) is 4.55. The van der Waals surface area contributed by atoms with E-state index in [1.54, 1.807) is 6.92 Å². The van der Waals surface area contributed by atoms with Gasteiger partial charge in [0.2, 0.25) is 0 Å². The zero-order valence-corrected chi connectivity index (χ0v) is 11.8. The highest BCUT2D eigenvalue weighted by Crippen LogP contribution is 2.07. The summed E-state index contributed by atoms with van der Waals surface area (Å²) < 4.78 is 5.32. The Hall–Kier alpha value is -0.650. The molecule has 0 aromatic rings. The lowest BCUT2D eigenvalue weighted by atomic mass is 10.2. The molecule has 5 nitrogen and oxygen atoms in total. The SMILES string of the molecule is CCOC(C)C(=O)N1CCN(CC(O)CC)CC1. The fraction of sp³-hybridized carbons (Fsp3) is 0.923. The van der Waals surface area contributed by atoms with E-state index in [1.165, 1.54) is 0 Å². The van der Waals surface area contributed by atoms with E-state index >= 15 is 0 Å². The summed E-state index contributed by atoms with van der Waals surface area (Å²) in [4.78, 5) is 16.1. The largest absolute Gasteiger partial charge is 0.392 e. The van der Waals surface area contributed by atoms with Crippen LogP contribution in [0.25, 0.3) is 0 Å². The molecule has 1 aliphatic rings. The van der Waals surface area contributed by atoms with E-state index in [0.717, 1.165) is 32.6 Å². The monoisotopic (exact) mass is 258 g/mol. The zero-order chi connectivity index (χ0) is 13.5. The quantitative estimate of drug-likeness (QED) is 0.746. The average Bonchev–Trinajstić information content (AvgIpc) is 2.39. The van der Waals surface area contributed by atoms with Gasteiger partial charge in [-0.15, -0.1) is 0 Å². The molecular formula is C13H26N2O3. The first-order valence-corrected chi connectivity index (χ1v) is 6.89. The molecule has 5 heteroatoms. The molecule has 1 amide bonds. The van der Waals surface area contributed by atoms with Gasteiger partial charge in [-0.25, -0.2) is 0 Å². The van der Waals surface area contributed by atoms with Gasteiger partial charge in [0.1, 0.15) is 6.10 Å². The van der Waals surface area contributed by atoms with Crippen molar-refractivity contribution in [2.45, 2.75) is 39.4 Å². The molecule has 0 aromatic heterocycles. The van der Waals surface area contributed by atoms with Gasteiger partial charge in [-0.3, -0.25) is 9.69 Å². The molecule has 1 rings (SSSR count). The molecule has 0 bridgehead atoms. The van der Waals surface area contributed by atoms with Crippen LogP contribution in [0.4, 0.5) is 0 Å². The van der Waals surface area contributed by atoms with Crippen molar-refractivity contribution in [1.29, 1.82) is 0 Å². The van der Waals surface area contributed by atoms with Crippen LogP contribution >= 0.6 is 0 Å². The number of carbonyl (C=O) groups excluding carboxylic acids is 1. The fourth-order valence-electron chi connectivity index (χ4n) is 2.16. The Morgan fingerprint density at radius 2 is 1.89 bits per heavy atom. The Bertz CT molecular complexity index is 253. The lowest BCUT2D eigenvalue weighted by Crippen LogP contribution is -2.52.